The number of epoxide rings is 1. The van der Waals surface area contributed by atoms with E-state index in [0.29, 0.717) is 23.9 Å². The molecule has 1 heterocycles. The summed E-state index contributed by atoms with van der Waals surface area (Å²) in [6.07, 6.45) is 28.1. The van der Waals surface area contributed by atoms with E-state index >= 15 is 0 Å². The summed E-state index contributed by atoms with van der Waals surface area (Å²) < 4.78 is 5.72. The van der Waals surface area contributed by atoms with E-state index < -0.39 is 0 Å². The number of ether oxygens (including phenoxy) is 1. The Bertz CT molecular complexity index is 693. The molecule has 206 valence electrons. The highest BCUT2D eigenvalue weighted by Crippen LogP contribution is 2.61. The van der Waals surface area contributed by atoms with Crippen LogP contribution in [0.25, 0.3) is 0 Å². The van der Waals surface area contributed by atoms with E-state index in [9.17, 15) is 10.2 Å². The van der Waals surface area contributed by atoms with Gasteiger partial charge in [0.2, 0.25) is 0 Å². The molecule has 0 bridgehead atoms. The highest BCUT2D eigenvalue weighted by atomic mass is 16.6. The van der Waals surface area contributed by atoms with Crippen LogP contribution in [0, 0.1) is 46.8 Å². The Kier molecular flexibility index (Phi) is 8.38. The molecule has 9 unspecified atom stereocenters. The first-order valence-corrected chi connectivity index (χ1v) is 16.6. The molecule has 6 rings (SSSR count). The Morgan fingerprint density at radius 2 is 1.31 bits per heavy atom. The lowest BCUT2D eigenvalue weighted by Gasteiger charge is -2.59. The van der Waals surface area contributed by atoms with Gasteiger partial charge in [-0.2, -0.15) is 0 Å². The van der Waals surface area contributed by atoms with E-state index in [1.54, 1.807) is 0 Å². The maximum absolute atomic E-state index is 12.0. The van der Waals surface area contributed by atoms with Crippen molar-refractivity contribution >= 4 is 0 Å². The summed E-state index contributed by atoms with van der Waals surface area (Å²) in [6, 6.07) is 0. The van der Waals surface area contributed by atoms with Crippen molar-refractivity contribution in [3.8, 4) is 0 Å². The van der Waals surface area contributed by atoms with Crippen LogP contribution in [0.5, 0.6) is 0 Å². The molecular formula is C33H56O3. The lowest BCUT2D eigenvalue weighted by atomic mass is 9.47. The van der Waals surface area contributed by atoms with Gasteiger partial charge in [0, 0.05) is 5.41 Å². The number of hydrogen-bond donors (Lipinski definition) is 2. The molecule has 6 fully saturated rings. The molecule has 6 aliphatic rings. The fourth-order valence-corrected chi connectivity index (χ4v) is 11.1. The van der Waals surface area contributed by atoms with Crippen LogP contribution in [0.2, 0.25) is 0 Å². The van der Waals surface area contributed by atoms with Crippen LogP contribution in [0.3, 0.4) is 0 Å². The minimum absolute atomic E-state index is 0.0710. The van der Waals surface area contributed by atoms with Gasteiger partial charge in [0.1, 0.15) is 0 Å². The largest absolute Gasteiger partial charge is 0.393 e. The third-order valence-corrected chi connectivity index (χ3v) is 12.8. The van der Waals surface area contributed by atoms with Crippen LogP contribution in [-0.4, -0.2) is 35.1 Å². The van der Waals surface area contributed by atoms with Gasteiger partial charge in [0.05, 0.1) is 24.9 Å². The number of hydrogen-bond acceptors (Lipinski definition) is 3. The maximum atomic E-state index is 12.0. The van der Waals surface area contributed by atoms with Crippen LogP contribution in [0.15, 0.2) is 0 Å². The minimum Gasteiger partial charge on any atom is -0.393 e. The van der Waals surface area contributed by atoms with E-state index in [1.807, 2.05) is 0 Å². The first-order valence-electron chi connectivity index (χ1n) is 16.6. The molecule has 36 heavy (non-hydrogen) atoms. The van der Waals surface area contributed by atoms with Gasteiger partial charge >= 0.3 is 0 Å². The van der Waals surface area contributed by atoms with E-state index in [-0.39, 0.29) is 17.6 Å². The van der Waals surface area contributed by atoms with Crippen LogP contribution in [0.1, 0.15) is 135 Å². The second-order valence-corrected chi connectivity index (χ2v) is 14.5. The van der Waals surface area contributed by atoms with E-state index in [4.69, 9.17) is 4.74 Å². The Balaban J connectivity index is 1.29. The summed E-state index contributed by atoms with van der Waals surface area (Å²) in [4.78, 5) is 0. The fourth-order valence-electron chi connectivity index (χ4n) is 11.1. The third-order valence-electron chi connectivity index (χ3n) is 12.8. The van der Waals surface area contributed by atoms with E-state index in [0.717, 1.165) is 43.1 Å². The topological polar surface area (TPSA) is 53.0 Å². The zero-order valence-electron chi connectivity index (χ0n) is 23.1. The van der Waals surface area contributed by atoms with Gasteiger partial charge in [0.15, 0.2) is 0 Å². The molecule has 0 spiro atoms. The number of rotatable bonds is 6. The molecule has 3 nitrogen and oxygen atoms in total. The SMILES string of the molecule is OC1CCC(C2CO2)CC1C1CCCC(C(C2CCCCC2)C2(C3CCCCC3)CCCCC2O)C1. The monoisotopic (exact) mass is 500 g/mol. The predicted octanol–water partition coefficient (Wildman–Crippen LogP) is 7.67. The minimum atomic E-state index is -0.0931. The van der Waals surface area contributed by atoms with Crippen molar-refractivity contribution in [2.24, 2.45) is 46.8 Å². The third kappa shape index (κ3) is 5.21. The smallest absolute Gasteiger partial charge is 0.0838 e. The van der Waals surface area contributed by atoms with Gasteiger partial charge in [-0.25, -0.2) is 0 Å². The highest BCUT2D eigenvalue weighted by Gasteiger charge is 2.56. The predicted molar refractivity (Wildman–Crippen MR) is 146 cm³/mol. The molecule has 9 atom stereocenters. The molecule has 0 radical (unpaired) electrons. The van der Waals surface area contributed by atoms with Crippen molar-refractivity contribution in [2.75, 3.05) is 6.61 Å². The molecule has 1 saturated heterocycles. The van der Waals surface area contributed by atoms with Gasteiger partial charge in [-0.15, -0.1) is 0 Å². The van der Waals surface area contributed by atoms with Gasteiger partial charge < -0.3 is 14.9 Å². The van der Waals surface area contributed by atoms with Crippen molar-refractivity contribution in [1.29, 1.82) is 0 Å². The maximum Gasteiger partial charge on any atom is 0.0838 e. The summed E-state index contributed by atoms with van der Waals surface area (Å²) >= 11 is 0. The molecule has 0 aromatic rings. The molecular weight excluding hydrogens is 444 g/mol. The quantitative estimate of drug-likeness (QED) is 0.368. The summed E-state index contributed by atoms with van der Waals surface area (Å²) in [6.45, 7) is 0.965. The van der Waals surface area contributed by atoms with Crippen molar-refractivity contribution < 1.29 is 14.9 Å². The van der Waals surface area contributed by atoms with Gasteiger partial charge in [0.25, 0.3) is 0 Å². The van der Waals surface area contributed by atoms with Crippen molar-refractivity contribution in [3.63, 3.8) is 0 Å². The second kappa shape index (κ2) is 11.5. The molecule has 5 saturated carbocycles. The zero-order valence-corrected chi connectivity index (χ0v) is 23.1. The van der Waals surface area contributed by atoms with Crippen LogP contribution >= 0.6 is 0 Å². The summed E-state index contributed by atoms with van der Waals surface area (Å²) in [7, 11) is 0. The molecule has 0 aromatic heterocycles. The summed E-state index contributed by atoms with van der Waals surface area (Å²) in [5.74, 6) is 4.96. The fraction of sp³-hybridized carbons (Fsp3) is 1.00. The van der Waals surface area contributed by atoms with Crippen molar-refractivity contribution in [1.82, 2.24) is 0 Å². The standard InChI is InChI=1S/C33H56O3/c34-29-18-17-25(30-22-36-30)21-28(29)24-12-9-13-26(20-24)32(23-10-3-1-4-11-23)33(19-8-7-16-31(33)35)27-14-5-2-6-15-27/h23-32,34-35H,1-22H2. The van der Waals surface area contributed by atoms with Gasteiger partial charge in [-0.1, -0.05) is 83.5 Å². The zero-order chi connectivity index (χ0) is 24.5. The summed E-state index contributed by atoms with van der Waals surface area (Å²) in [5, 5.41) is 23.2. The second-order valence-electron chi connectivity index (χ2n) is 14.5. The Morgan fingerprint density at radius 3 is 2.03 bits per heavy atom. The van der Waals surface area contributed by atoms with Gasteiger partial charge in [-0.3, -0.25) is 0 Å². The first kappa shape index (κ1) is 26.1. The van der Waals surface area contributed by atoms with Crippen LogP contribution in [0.4, 0.5) is 0 Å². The van der Waals surface area contributed by atoms with E-state index in [2.05, 4.69) is 0 Å². The normalized spacial score (nSPS) is 46.3. The average Bonchev–Trinajstić information content (AvgIpc) is 3.77. The molecule has 5 aliphatic carbocycles. The molecule has 0 aromatic carbocycles. The lowest BCUT2D eigenvalue weighted by Crippen LogP contribution is -2.55. The average molecular weight is 501 g/mol. The molecule has 2 N–H and O–H groups in total. The highest BCUT2D eigenvalue weighted by molar-refractivity contribution is 5.05. The number of aliphatic hydroxyl groups is 2. The first-order chi connectivity index (χ1) is 17.7. The Labute approximate surface area is 221 Å². The lowest BCUT2D eigenvalue weighted by molar-refractivity contribution is -0.148. The summed E-state index contributed by atoms with van der Waals surface area (Å²) in [5.41, 5.74) is 0.183. The van der Waals surface area contributed by atoms with Crippen LogP contribution in [-0.2, 0) is 4.74 Å². The molecule has 1 aliphatic heterocycles. The van der Waals surface area contributed by atoms with Crippen molar-refractivity contribution in [2.45, 2.75) is 153 Å². The van der Waals surface area contributed by atoms with Crippen molar-refractivity contribution in [3.05, 3.63) is 0 Å². The number of aliphatic hydroxyl groups excluding tert-OH is 2. The molecule has 3 heteroatoms. The Morgan fingerprint density at radius 1 is 0.611 bits per heavy atom. The molecule has 0 amide bonds. The van der Waals surface area contributed by atoms with Gasteiger partial charge in [-0.05, 0) is 92.8 Å². The Hall–Kier alpha value is -0.120. The van der Waals surface area contributed by atoms with E-state index in [1.165, 1.54) is 122 Å². The van der Waals surface area contributed by atoms with Crippen LogP contribution < -0.4 is 0 Å².